The largest absolute Gasteiger partial charge is 0.493 e. The molecule has 0 radical (unpaired) electrons. The summed E-state index contributed by atoms with van der Waals surface area (Å²) in [4.78, 5) is 4.37. The van der Waals surface area contributed by atoms with Gasteiger partial charge in [-0.1, -0.05) is 6.07 Å². The third-order valence-corrected chi connectivity index (χ3v) is 4.11. The van der Waals surface area contributed by atoms with Crippen molar-refractivity contribution >= 4 is 0 Å². The fraction of sp³-hybridized carbons (Fsp3) is 0.263. The van der Waals surface area contributed by atoms with Crippen molar-refractivity contribution in [3.05, 3.63) is 54.9 Å². The van der Waals surface area contributed by atoms with Crippen LogP contribution in [0.1, 0.15) is 12.8 Å². The van der Waals surface area contributed by atoms with Crippen molar-refractivity contribution in [2.24, 2.45) is 0 Å². The second-order valence-corrected chi connectivity index (χ2v) is 5.74. The number of ether oxygens (including phenoxy) is 3. The highest BCUT2D eigenvalue weighted by Crippen LogP contribution is 2.34. The number of hydrogen-bond donors (Lipinski definition) is 0. The predicted molar refractivity (Wildman–Crippen MR) is 92.9 cm³/mol. The van der Waals surface area contributed by atoms with Crippen LogP contribution >= 0.6 is 0 Å². The van der Waals surface area contributed by atoms with E-state index in [4.69, 9.17) is 14.2 Å². The van der Waals surface area contributed by atoms with Crippen molar-refractivity contribution in [2.45, 2.75) is 19.1 Å². The van der Waals surface area contributed by atoms with E-state index < -0.39 is 0 Å². The zero-order valence-electron chi connectivity index (χ0n) is 14.0. The van der Waals surface area contributed by atoms with E-state index in [1.54, 1.807) is 24.2 Å². The molecule has 1 fully saturated rings. The van der Waals surface area contributed by atoms with Gasteiger partial charge in [0.2, 0.25) is 0 Å². The fourth-order valence-corrected chi connectivity index (χ4v) is 2.89. The standard InChI is InChI=1S/C19H19N3O3/c1-23-16-8-7-14(13-17(16)25-19-6-4-12-24-19)15-9-11-21-22(15)18-5-2-3-10-20-18/h2-3,5,7-11,13,19H,4,6,12H2,1H3. The van der Waals surface area contributed by atoms with E-state index in [1.807, 2.05) is 42.5 Å². The van der Waals surface area contributed by atoms with Crippen LogP contribution in [0.25, 0.3) is 17.1 Å². The molecule has 0 amide bonds. The number of aromatic nitrogens is 3. The summed E-state index contributed by atoms with van der Waals surface area (Å²) in [6, 6.07) is 13.5. The summed E-state index contributed by atoms with van der Waals surface area (Å²) < 4.78 is 18.8. The molecule has 0 saturated carbocycles. The maximum Gasteiger partial charge on any atom is 0.200 e. The van der Waals surface area contributed by atoms with Crippen LogP contribution in [0.5, 0.6) is 11.5 Å². The zero-order valence-corrected chi connectivity index (χ0v) is 14.0. The summed E-state index contributed by atoms with van der Waals surface area (Å²) in [6.07, 6.45) is 5.19. The second-order valence-electron chi connectivity index (χ2n) is 5.74. The molecule has 1 aliphatic rings. The van der Waals surface area contributed by atoms with Crippen LogP contribution in [0, 0.1) is 0 Å². The minimum Gasteiger partial charge on any atom is -0.493 e. The van der Waals surface area contributed by atoms with Crippen molar-refractivity contribution in [3.8, 4) is 28.6 Å². The van der Waals surface area contributed by atoms with Crippen LogP contribution in [-0.2, 0) is 4.74 Å². The lowest BCUT2D eigenvalue weighted by Crippen LogP contribution is -2.14. The predicted octanol–water partition coefficient (Wildman–Crippen LogP) is 3.46. The van der Waals surface area contributed by atoms with E-state index in [-0.39, 0.29) is 6.29 Å². The molecule has 128 valence electrons. The van der Waals surface area contributed by atoms with Crippen LogP contribution in [0.15, 0.2) is 54.9 Å². The van der Waals surface area contributed by atoms with Crippen LogP contribution in [-0.4, -0.2) is 34.8 Å². The molecule has 1 aliphatic heterocycles. The summed E-state index contributed by atoms with van der Waals surface area (Å²) in [5.41, 5.74) is 1.90. The molecule has 0 spiro atoms. The summed E-state index contributed by atoms with van der Waals surface area (Å²) in [6.45, 7) is 0.735. The lowest BCUT2D eigenvalue weighted by molar-refractivity contribution is -0.0402. The van der Waals surface area contributed by atoms with Gasteiger partial charge in [-0.3, -0.25) is 0 Å². The molecule has 1 aromatic carbocycles. The Hall–Kier alpha value is -2.86. The highest BCUT2D eigenvalue weighted by Gasteiger charge is 2.20. The van der Waals surface area contributed by atoms with Gasteiger partial charge in [-0.15, -0.1) is 0 Å². The number of pyridine rings is 1. The highest BCUT2D eigenvalue weighted by molar-refractivity contribution is 5.65. The minimum absolute atomic E-state index is 0.218. The fourth-order valence-electron chi connectivity index (χ4n) is 2.89. The topological polar surface area (TPSA) is 58.4 Å². The van der Waals surface area contributed by atoms with Gasteiger partial charge in [0.25, 0.3) is 0 Å². The van der Waals surface area contributed by atoms with Crippen molar-refractivity contribution < 1.29 is 14.2 Å². The molecular weight excluding hydrogens is 318 g/mol. The Kier molecular flexibility index (Phi) is 4.35. The van der Waals surface area contributed by atoms with Gasteiger partial charge in [0.05, 0.1) is 25.6 Å². The van der Waals surface area contributed by atoms with Crippen molar-refractivity contribution in [3.63, 3.8) is 0 Å². The van der Waals surface area contributed by atoms with Crippen LogP contribution < -0.4 is 9.47 Å². The Balaban J connectivity index is 1.70. The van der Waals surface area contributed by atoms with E-state index in [9.17, 15) is 0 Å². The van der Waals surface area contributed by atoms with E-state index in [2.05, 4.69) is 10.1 Å². The van der Waals surface area contributed by atoms with E-state index >= 15 is 0 Å². The quantitative estimate of drug-likeness (QED) is 0.713. The number of benzene rings is 1. The first-order valence-corrected chi connectivity index (χ1v) is 8.27. The van der Waals surface area contributed by atoms with Gasteiger partial charge in [0.1, 0.15) is 0 Å². The molecule has 6 heteroatoms. The molecule has 6 nitrogen and oxygen atoms in total. The molecule has 0 bridgehead atoms. The molecule has 1 saturated heterocycles. The maximum absolute atomic E-state index is 5.99. The molecule has 4 rings (SSSR count). The highest BCUT2D eigenvalue weighted by atomic mass is 16.7. The van der Waals surface area contributed by atoms with E-state index in [0.717, 1.165) is 36.5 Å². The van der Waals surface area contributed by atoms with Gasteiger partial charge in [-0.05, 0) is 42.8 Å². The monoisotopic (exact) mass is 337 g/mol. The Labute approximate surface area is 146 Å². The molecule has 25 heavy (non-hydrogen) atoms. The molecular formula is C19H19N3O3. The summed E-state index contributed by atoms with van der Waals surface area (Å²) in [5.74, 6) is 2.11. The third kappa shape index (κ3) is 3.21. The van der Waals surface area contributed by atoms with Gasteiger partial charge < -0.3 is 14.2 Å². The lowest BCUT2D eigenvalue weighted by Gasteiger charge is -2.16. The third-order valence-electron chi connectivity index (χ3n) is 4.11. The van der Waals surface area contributed by atoms with Gasteiger partial charge in [0.15, 0.2) is 23.6 Å². The number of nitrogens with zero attached hydrogens (tertiary/aromatic N) is 3. The average Bonchev–Trinajstić information content (AvgIpc) is 3.34. The molecule has 3 aromatic rings. The molecule has 2 aromatic heterocycles. The van der Waals surface area contributed by atoms with Crippen molar-refractivity contribution in [1.82, 2.24) is 14.8 Å². The molecule has 0 aliphatic carbocycles. The molecule has 0 N–H and O–H groups in total. The lowest BCUT2D eigenvalue weighted by atomic mass is 10.1. The van der Waals surface area contributed by atoms with Gasteiger partial charge in [-0.2, -0.15) is 5.10 Å². The average molecular weight is 337 g/mol. The number of methoxy groups -OCH3 is 1. The van der Waals surface area contributed by atoms with Gasteiger partial charge >= 0.3 is 0 Å². The van der Waals surface area contributed by atoms with Crippen LogP contribution in [0.3, 0.4) is 0 Å². The zero-order chi connectivity index (χ0) is 17.1. The van der Waals surface area contributed by atoms with Crippen molar-refractivity contribution in [1.29, 1.82) is 0 Å². The molecule has 1 unspecified atom stereocenters. The summed E-state index contributed by atoms with van der Waals surface area (Å²) in [7, 11) is 1.63. The number of rotatable bonds is 5. The normalized spacial score (nSPS) is 16.8. The van der Waals surface area contributed by atoms with Crippen molar-refractivity contribution in [2.75, 3.05) is 13.7 Å². The Bertz CT molecular complexity index is 842. The minimum atomic E-state index is -0.218. The first-order chi connectivity index (χ1) is 12.3. The first-order valence-electron chi connectivity index (χ1n) is 8.27. The van der Waals surface area contributed by atoms with Gasteiger partial charge in [-0.25, -0.2) is 9.67 Å². The van der Waals surface area contributed by atoms with Gasteiger partial charge in [0, 0.05) is 18.2 Å². The summed E-state index contributed by atoms with van der Waals surface area (Å²) >= 11 is 0. The molecule has 1 atom stereocenters. The van der Waals surface area contributed by atoms with E-state index in [0.29, 0.717) is 11.5 Å². The smallest absolute Gasteiger partial charge is 0.200 e. The Morgan fingerprint density at radius 2 is 2.08 bits per heavy atom. The Morgan fingerprint density at radius 1 is 1.12 bits per heavy atom. The molecule has 3 heterocycles. The number of hydrogen-bond acceptors (Lipinski definition) is 5. The van der Waals surface area contributed by atoms with Crippen LogP contribution in [0.4, 0.5) is 0 Å². The first kappa shape index (κ1) is 15.7. The maximum atomic E-state index is 5.99. The van der Waals surface area contributed by atoms with E-state index in [1.165, 1.54) is 0 Å². The SMILES string of the molecule is COc1ccc(-c2ccnn2-c2ccccn2)cc1OC1CCCO1. The Morgan fingerprint density at radius 3 is 2.84 bits per heavy atom. The second kappa shape index (κ2) is 6.94. The summed E-state index contributed by atoms with van der Waals surface area (Å²) in [5, 5.41) is 4.40. The van der Waals surface area contributed by atoms with Crippen LogP contribution in [0.2, 0.25) is 0 Å².